The van der Waals surface area contributed by atoms with Crippen molar-refractivity contribution in [3.8, 4) is 0 Å². The van der Waals surface area contributed by atoms with Gasteiger partial charge in [0, 0.05) is 62.7 Å². The van der Waals surface area contributed by atoms with Crippen LogP contribution in [0.25, 0.3) is 10.9 Å². The molecule has 2 aromatic rings. The molecule has 0 radical (unpaired) electrons. The first kappa shape index (κ1) is 77.6. The quantitative estimate of drug-likeness (QED) is 0.0176. The number of hydrogen-bond donors (Lipinski definition) is 17. The maximum absolute atomic E-state index is 14.3. The standard InChI is InChI=1S/C62H94N18O18/c1-31(63)58(95)77-22-8-15-44(77)53(90)69-32(2)50(87)70-38(14-7-21-67-62(65)66)51(88)74-42(29-82)60(97)80-25-11-18-47(80)56(93)75-43(30-83)61(98)79-24-10-17-46(79)55(92)73-41(28-81)52(89)76-49(34(4)85)57(94)71-39(19-20-48(64)86)59(96)78-23-9-16-45(78)54(91)72-40(33(3)84)26-35-27-68-37-13-6-5-12-36(35)37/h5-6,12-13,27,31-32,34,38-47,49,68,81-83,85H,7-11,14-26,28-30,63H2,1-4H3,(H2,64,86)(H,69,90)(H,70,87)(H,71,94)(H,72,91)(H,73,92)(H,74,88)(H,75,93)(H,76,89)(H4,65,66,67)/t31-,32-,34?,38-,39-,40-,41-,42-,43-,44-,45-,46-,47-,49-/m1/s1. The summed E-state index contributed by atoms with van der Waals surface area (Å²) < 4.78 is 0. The molecule has 6 rings (SSSR count). The zero-order valence-electron chi connectivity index (χ0n) is 55.4. The first-order valence-electron chi connectivity index (χ1n) is 32.8. The summed E-state index contributed by atoms with van der Waals surface area (Å²) in [7, 11) is 0. The number of likely N-dealkylation sites (tertiary alicyclic amines) is 4. The van der Waals surface area contributed by atoms with Crippen molar-refractivity contribution >= 4 is 99.4 Å². The molecule has 0 bridgehead atoms. The maximum atomic E-state index is 14.3. The second kappa shape index (κ2) is 36.3. The van der Waals surface area contributed by atoms with Crippen LogP contribution in [-0.4, -0.2) is 271 Å². The topological polar surface area (TPSA) is 561 Å². The highest BCUT2D eigenvalue weighted by Gasteiger charge is 2.45. The first-order valence-corrected chi connectivity index (χ1v) is 32.8. The molecule has 98 heavy (non-hydrogen) atoms. The molecule has 4 aliphatic heterocycles. The number of nitrogens with zero attached hydrogens (tertiary/aromatic N) is 5. The second-order valence-corrected chi connectivity index (χ2v) is 25.0. The lowest BCUT2D eigenvalue weighted by Gasteiger charge is -2.32. The number of hydrogen-bond acceptors (Lipinski definition) is 20. The molecule has 36 heteroatoms. The van der Waals surface area contributed by atoms with E-state index in [1.807, 2.05) is 24.3 Å². The summed E-state index contributed by atoms with van der Waals surface area (Å²) in [6, 6.07) is -10.5. The molecule has 4 aliphatic rings. The number of primary amides is 1. The molecule has 4 saturated heterocycles. The Morgan fingerprint density at radius 2 is 0.980 bits per heavy atom. The number of benzene rings is 1. The van der Waals surface area contributed by atoms with Crippen molar-refractivity contribution in [1.29, 1.82) is 0 Å². The van der Waals surface area contributed by atoms with Gasteiger partial charge in [-0.2, -0.15) is 0 Å². The van der Waals surface area contributed by atoms with Crippen molar-refractivity contribution in [1.82, 2.24) is 67.1 Å². The average molecular weight is 1380 g/mol. The van der Waals surface area contributed by atoms with Crippen molar-refractivity contribution in [2.24, 2.45) is 27.9 Å². The van der Waals surface area contributed by atoms with Gasteiger partial charge in [0.05, 0.1) is 38.0 Å². The SMILES string of the molecule is CC(=O)[C@@H](Cc1c[nH]c2ccccc12)NC(=O)[C@H]1CCCN1C(=O)[C@@H](CCC(N)=O)NC(=O)[C@H](NC(=O)[C@@H](CO)NC(=O)[C@H]1CCCN1C(=O)[C@@H](CO)NC(=O)[C@H]1CCCN1C(=O)[C@@H](CO)NC(=O)[C@@H](CCCN=C(N)N)NC(=O)[C@@H](C)NC(=O)[C@H]1CCCN1C(=O)[C@@H](C)N)C(C)O. The highest BCUT2D eigenvalue weighted by atomic mass is 16.3. The lowest BCUT2D eigenvalue weighted by Crippen LogP contribution is -2.62. The molecule has 1 aromatic carbocycles. The summed E-state index contributed by atoms with van der Waals surface area (Å²) in [6.07, 6.45) is 1.14. The Balaban J connectivity index is 1.05. The predicted octanol–water partition coefficient (Wildman–Crippen LogP) is -7.81. The van der Waals surface area contributed by atoms with Crippen LogP contribution in [0, 0.1) is 0 Å². The van der Waals surface area contributed by atoms with Crippen LogP contribution in [0.5, 0.6) is 0 Å². The normalized spacial score (nSPS) is 20.6. The van der Waals surface area contributed by atoms with Crippen LogP contribution in [0.3, 0.4) is 0 Å². The van der Waals surface area contributed by atoms with Gasteiger partial charge < -0.3 is 110 Å². The van der Waals surface area contributed by atoms with E-state index in [0.29, 0.717) is 19.3 Å². The number of nitrogens with one attached hydrogen (secondary N) is 9. The zero-order chi connectivity index (χ0) is 72.2. The molecule has 1 aromatic heterocycles. The van der Waals surface area contributed by atoms with Crippen molar-refractivity contribution in [2.45, 2.75) is 196 Å². The second-order valence-electron chi connectivity index (χ2n) is 25.0. The van der Waals surface area contributed by atoms with Gasteiger partial charge in [-0.25, -0.2) is 0 Å². The smallest absolute Gasteiger partial charge is 0.248 e. The number of fused-ring (bicyclic) bond motifs is 1. The lowest BCUT2D eigenvalue weighted by molar-refractivity contribution is -0.145. The molecule has 1 unspecified atom stereocenters. The molecule has 13 amide bonds. The van der Waals surface area contributed by atoms with E-state index >= 15 is 0 Å². The molecule has 0 saturated carbocycles. The van der Waals surface area contributed by atoms with Crippen LogP contribution in [-0.2, 0) is 73.5 Å². The molecular weight excluding hydrogens is 1280 g/mol. The van der Waals surface area contributed by atoms with Gasteiger partial charge in [-0.05, 0) is 110 Å². The van der Waals surface area contributed by atoms with Crippen molar-refractivity contribution in [3.63, 3.8) is 0 Å². The van der Waals surface area contributed by atoms with Crippen LogP contribution in [0.2, 0.25) is 0 Å². The van der Waals surface area contributed by atoms with Crippen LogP contribution >= 0.6 is 0 Å². The monoisotopic (exact) mass is 1380 g/mol. The number of aliphatic hydroxyl groups excluding tert-OH is 4. The molecule has 4 fully saturated rings. The van der Waals surface area contributed by atoms with E-state index in [-0.39, 0.29) is 102 Å². The Kier molecular flexibility index (Phi) is 28.7. The number of aromatic nitrogens is 1. The Hall–Kier alpha value is -9.39. The van der Waals surface area contributed by atoms with E-state index < -0.39 is 188 Å². The van der Waals surface area contributed by atoms with Gasteiger partial charge in [-0.15, -0.1) is 0 Å². The Morgan fingerprint density at radius 3 is 1.46 bits per heavy atom. The van der Waals surface area contributed by atoms with Gasteiger partial charge in [-0.3, -0.25) is 72.1 Å². The van der Waals surface area contributed by atoms with E-state index in [2.05, 4.69) is 52.5 Å². The Morgan fingerprint density at radius 1 is 0.541 bits per heavy atom. The highest BCUT2D eigenvalue weighted by Crippen LogP contribution is 2.25. The number of carbonyl (C=O) groups is 14. The lowest BCUT2D eigenvalue weighted by atomic mass is 10.0. The number of guanidine groups is 1. The van der Waals surface area contributed by atoms with Crippen LogP contribution in [0.4, 0.5) is 0 Å². The largest absolute Gasteiger partial charge is 0.394 e. The summed E-state index contributed by atoms with van der Waals surface area (Å²) in [4.78, 5) is 202. The van der Waals surface area contributed by atoms with E-state index in [9.17, 15) is 87.5 Å². The number of carbonyl (C=O) groups excluding carboxylic acids is 14. The zero-order valence-corrected chi connectivity index (χ0v) is 55.4. The summed E-state index contributed by atoms with van der Waals surface area (Å²) in [5.74, 6) is -12.0. The molecule has 21 N–H and O–H groups in total. The van der Waals surface area contributed by atoms with E-state index in [1.54, 1.807) is 6.20 Å². The third-order valence-corrected chi connectivity index (χ3v) is 17.7. The van der Waals surface area contributed by atoms with Crippen molar-refractivity contribution < 1.29 is 87.5 Å². The number of aromatic amines is 1. The number of aliphatic imine (C=N–C) groups is 1. The summed E-state index contributed by atoms with van der Waals surface area (Å²) in [5, 5.41) is 62.8. The van der Waals surface area contributed by atoms with E-state index in [1.165, 1.54) is 30.6 Å². The fourth-order valence-corrected chi connectivity index (χ4v) is 12.4. The van der Waals surface area contributed by atoms with Gasteiger partial charge in [0.2, 0.25) is 76.8 Å². The molecular formula is C62H94N18O18. The number of Topliss-reactive ketones (excluding diaryl/α,β-unsaturated/α-hetero) is 1. The molecule has 36 nitrogen and oxygen atoms in total. The van der Waals surface area contributed by atoms with Crippen molar-refractivity contribution in [2.75, 3.05) is 52.5 Å². The van der Waals surface area contributed by atoms with Gasteiger partial charge in [0.1, 0.15) is 66.5 Å². The third-order valence-electron chi connectivity index (χ3n) is 17.7. The van der Waals surface area contributed by atoms with Gasteiger partial charge in [0.25, 0.3) is 0 Å². The first-order chi connectivity index (χ1) is 46.5. The minimum atomic E-state index is -1.88. The number of nitrogens with two attached hydrogens (primary N) is 4. The maximum Gasteiger partial charge on any atom is 0.248 e. The molecule has 540 valence electrons. The number of ketones is 1. The summed E-state index contributed by atoms with van der Waals surface area (Å²) >= 11 is 0. The Labute approximate surface area is 564 Å². The minimum Gasteiger partial charge on any atom is -0.394 e. The number of rotatable bonds is 34. The van der Waals surface area contributed by atoms with Crippen LogP contribution < -0.4 is 65.5 Å². The fraction of sp³-hybridized carbons (Fsp3) is 0.629. The van der Waals surface area contributed by atoms with Crippen molar-refractivity contribution in [3.05, 3.63) is 36.0 Å². The molecule has 0 aliphatic carbocycles. The van der Waals surface area contributed by atoms with E-state index in [4.69, 9.17) is 22.9 Å². The Bertz CT molecular complexity index is 3290. The molecule has 14 atom stereocenters. The summed E-state index contributed by atoms with van der Waals surface area (Å²) in [6.45, 7) is 2.34. The average Bonchev–Trinajstić information content (AvgIpc) is 1.27. The minimum absolute atomic E-state index is 0.0141. The van der Waals surface area contributed by atoms with E-state index in [0.717, 1.165) is 33.2 Å². The van der Waals surface area contributed by atoms with Gasteiger partial charge in [0.15, 0.2) is 11.7 Å². The van der Waals surface area contributed by atoms with Gasteiger partial charge in [-0.1, -0.05) is 18.2 Å². The third kappa shape index (κ3) is 20.4. The predicted molar refractivity (Wildman–Crippen MR) is 348 cm³/mol. The molecule has 5 heterocycles. The molecule has 0 spiro atoms. The number of amides is 13. The summed E-state index contributed by atoms with van der Waals surface area (Å²) in [5.41, 5.74) is 23.7. The number of para-hydroxylation sites is 1. The highest BCUT2D eigenvalue weighted by molar-refractivity contribution is 6.01. The van der Waals surface area contributed by atoms with Gasteiger partial charge >= 0.3 is 0 Å². The fourth-order valence-electron chi connectivity index (χ4n) is 12.4. The number of aliphatic hydroxyl groups is 4. The van der Waals surface area contributed by atoms with Crippen LogP contribution in [0.15, 0.2) is 35.5 Å². The number of H-pyrrole nitrogens is 1. The van der Waals surface area contributed by atoms with Crippen LogP contribution in [0.1, 0.15) is 110 Å².